The number of benzene rings is 1. The molecule has 3 rings (SSSR count). The Morgan fingerprint density at radius 2 is 2.35 bits per heavy atom. The third kappa shape index (κ3) is 2.07. The van der Waals surface area contributed by atoms with Crippen LogP contribution < -0.4 is 5.43 Å². The van der Waals surface area contributed by atoms with Gasteiger partial charge in [0.1, 0.15) is 6.33 Å². The van der Waals surface area contributed by atoms with E-state index in [0.717, 1.165) is 29.6 Å². The Kier molecular flexibility index (Phi) is 2.62. The number of nitrogens with zero attached hydrogens (tertiary/aromatic N) is 3. The molecule has 0 radical (unpaired) electrons. The Morgan fingerprint density at radius 1 is 1.41 bits per heavy atom. The van der Waals surface area contributed by atoms with Gasteiger partial charge in [0.05, 0.1) is 17.3 Å². The quantitative estimate of drug-likeness (QED) is 0.806. The molecular formula is C12H14N4O. The summed E-state index contributed by atoms with van der Waals surface area (Å²) in [5.74, 6) is 0. The minimum Gasteiger partial charge on any atom is -0.392 e. The first-order valence-corrected chi connectivity index (χ1v) is 5.71. The highest BCUT2D eigenvalue weighted by Gasteiger charge is 2.20. The van der Waals surface area contributed by atoms with Gasteiger partial charge < -0.3 is 10.5 Å². The Labute approximate surface area is 99.1 Å². The zero-order chi connectivity index (χ0) is 11.7. The number of aliphatic hydroxyl groups is 1. The lowest BCUT2D eigenvalue weighted by Crippen LogP contribution is -2.28. The van der Waals surface area contributed by atoms with Gasteiger partial charge in [-0.3, -0.25) is 0 Å². The molecule has 1 fully saturated rings. The van der Waals surface area contributed by atoms with Gasteiger partial charge in [-0.25, -0.2) is 15.0 Å². The van der Waals surface area contributed by atoms with Crippen molar-refractivity contribution in [2.75, 3.05) is 18.5 Å². The van der Waals surface area contributed by atoms with E-state index >= 15 is 0 Å². The maximum Gasteiger partial charge on any atom is 0.116 e. The number of para-hydroxylation sites is 1. The number of β-amino-alcohol motifs (C(OH)–C–C–N with tert-alkyl or cyclic N) is 1. The number of anilines is 1. The molecule has 1 saturated heterocycles. The summed E-state index contributed by atoms with van der Waals surface area (Å²) in [7, 11) is 0. The van der Waals surface area contributed by atoms with Crippen molar-refractivity contribution >= 4 is 16.6 Å². The number of hydrogen-bond donors (Lipinski definition) is 2. The third-order valence-electron chi connectivity index (χ3n) is 2.98. The van der Waals surface area contributed by atoms with E-state index < -0.39 is 0 Å². The molecule has 5 nitrogen and oxygen atoms in total. The maximum absolute atomic E-state index is 9.48. The fourth-order valence-corrected chi connectivity index (χ4v) is 2.12. The summed E-state index contributed by atoms with van der Waals surface area (Å²) in [6, 6.07) is 5.94. The van der Waals surface area contributed by atoms with E-state index in [-0.39, 0.29) is 6.10 Å². The molecule has 1 atom stereocenters. The number of fused-ring (bicyclic) bond motifs is 1. The Bertz CT molecular complexity index is 525. The van der Waals surface area contributed by atoms with E-state index in [9.17, 15) is 5.11 Å². The van der Waals surface area contributed by atoms with Crippen LogP contribution in [0, 0.1) is 0 Å². The highest BCUT2D eigenvalue weighted by atomic mass is 16.3. The lowest BCUT2D eigenvalue weighted by atomic mass is 10.2. The van der Waals surface area contributed by atoms with Crippen molar-refractivity contribution in [2.24, 2.45) is 0 Å². The molecule has 0 spiro atoms. The summed E-state index contributed by atoms with van der Waals surface area (Å²) in [4.78, 5) is 8.28. The molecule has 17 heavy (non-hydrogen) atoms. The summed E-state index contributed by atoms with van der Waals surface area (Å²) in [6.45, 7) is 1.50. The molecule has 2 aromatic rings. The summed E-state index contributed by atoms with van der Waals surface area (Å²) in [5, 5.41) is 12.5. The Morgan fingerprint density at radius 3 is 3.18 bits per heavy atom. The van der Waals surface area contributed by atoms with Crippen molar-refractivity contribution in [3.63, 3.8) is 0 Å². The van der Waals surface area contributed by atoms with Gasteiger partial charge in [0, 0.05) is 24.7 Å². The smallest absolute Gasteiger partial charge is 0.116 e. The molecule has 1 aliphatic heterocycles. The summed E-state index contributed by atoms with van der Waals surface area (Å²) in [6.07, 6.45) is 3.93. The van der Waals surface area contributed by atoms with Gasteiger partial charge in [-0.1, -0.05) is 12.1 Å². The van der Waals surface area contributed by atoms with Crippen molar-refractivity contribution in [1.82, 2.24) is 15.0 Å². The second kappa shape index (κ2) is 4.27. The van der Waals surface area contributed by atoms with E-state index in [1.165, 1.54) is 0 Å². The average Bonchev–Trinajstić information content (AvgIpc) is 2.75. The topological polar surface area (TPSA) is 61.3 Å². The number of hydrogen-bond acceptors (Lipinski definition) is 5. The van der Waals surface area contributed by atoms with E-state index in [1.54, 1.807) is 12.5 Å². The summed E-state index contributed by atoms with van der Waals surface area (Å²) >= 11 is 0. The number of aromatic nitrogens is 2. The van der Waals surface area contributed by atoms with Crippen LogP contribution >= 0.6 is 0 Å². The van der Waals surface area contributed by atoms with Crippen LogP contribution in [0.1, 0.15) is 6.42 Å². The van der Waals surface area contributed by atoms with Gasteiger partial charge in [-0.2, -0.15) is 0 Å². The van der Waals surface area contributed by atoms with E-state index in [4.69, 9.17) is 0 Å². The molecule has 5 heteroatoms. The second-order valence-corrected chi connectivity index (χ2v) is 4.27. The van der Waals surface area contributed by atoms with Crippen LogP contribution in [-0.4, -0.2) is 39.3 Å². The molecule has 2 N–H and O–H groups in total. The average molecular weight is 230 g/mol. The van der Waals surface area contributed by atoms with Gasteiger partial charge in [0.25, 0.3) is 0 Å². The summed E-state index contributed by atoms with van der Waals surface area (Å²) < 4.78 is 0. The molecule has 1 aromatic heterocycles. The highest BCUT2D eigenvalue weighted by molar-refractivity contribution is 5.89. The van der Waals surface area contributed by atoms with Crippen molar-refractivity contribution < 1.29 is 5.11 Å². The predicted octanol–water partition coefficient (Wildman–Crippen LogP) is 1.02. The molecule has 0 amide bonds. The minimum atomic E-state index is -0.230. The van der Waals surface area contributed by atoms with Crippen LogP contribution in [0.3, 0.4) is 0 Å². The monoisotopic (exact) mass is 230 g/mol. The molecule has 2 heterocycles. The molecule has 0 aliphatic carbocycles. The lowest BCUT2D eigenvalue weighted by molar-refractivity contribution is 0.182. The first-order chi connectivity index (χ1) is 8.33. The van der Waals surface area contributed by atoms with Crippen LogP contribution in [0.25, 0.3) is 10.9 Å². The fraction of sp³-hybridized carbons (Fsp3) is 0.333. The van der Waals surface area contributed by atoms with E-state index in [1.807, 2.05) is 23.2 Å². The minimum absolute atomic E-state index is 0.230. The molecular weight excluding hydrogens is 216 g/mol. The number of aliphatic hydroxyl groups excluding tert-OH is 1. The Balaban J connectivity index is 1.90. The normalized spacial score (nSPS) is 20.9. The molecule has 88 valence electrons. The molecule has 1 aromatic carbocycles. The molecule has 0 saturated carbocycles. The van der Waals surface area contributed by atoms with Crippen molar-refractivity contribution in [2.45, 2.75) is 12.5 Å². The van der Waals surface area contributed by atoms with Crippen LogP contribution in [0.2, 0.25) is 0 Å². The standard InChI is InChI=1S/C12H14N4O/c17-10-4-5-16(7-10)15-11-3-1-2-9-6-13-8-14-12(9)11/h1-3,6,8,10,15,17H,4-5,7H2. The lowest BCUT2D eigenvalue weighted by Gasteiger charge is -2.18. The SMILES string of the molecule is OC1CCN(Nc2cccc3cncnc23)C1. The predicted molar refractivity (Wildman–Crippen MR) is 65.4 cm³/mol. The van der Waals surface area contributed by atoms with Gasteiger partial charge in [0.15, 0.2) is 0 Å². The van der Waals surface area contributed by atoms with E-state index in [2.05, 4.69) is 15.4 Å². The summed E-state index contributed by atoms with van der Waals surface area (Å²) in [5.41, 5.74) is 5.16. The maximum atomic E-state index is 9.48. The highest BCUT2D eigenvalue weighted by Crippen LogP contribution is 2.21. The van der Waals surface area contributed by atoms with Gasteiger partial charge in [-0.15, -0.1) is 0 Å². The van der Waals surface area contributed by atoms with Crippen molar-refractivity contribution in [1.29, 1.82) is 0 Å². The van der Waals surface area contributed by atoms with Gasteiger partial charge in [-0.05, 0) is 12.5 Å². The second-order valence-electron chi connectivity index (χ2n) is 4.27. The van der Waals surface area contributed by atoms with Gasteiger partial charge in [0.2, 0.25) is 0 Å². The number of nitrogens with one attached hydrogen (secondary N) is 1. The zero-order valence-corrected chi connectivity index (χ0v) is 9.37. The van der Waals surface area contributed by atoms with Crippen molar-refractivity contribution in [3.8, 4) is 0 Å². The Hall–Kier alpha value is -1.72. The van der Waals surface area contributed by atoms with Gasteiger partial charge >= 0.3 is 0 Å². The molecule has 1 aliphatic rings. The molecule has 1 unspecified atom stereocenters. The molecule has 0 bridgehead atoms. The van der Waals surface area contributed by atoms with Crippen LogP contribution in [-0.2, 0) is 0 Å². The van der Waals surface area contributed by atoms with Crippen molar-refractivity contribution in [3.05, 3.63) is 30.7 Å². The first kappa shape index (κ1) is 10.4. The fourth-order valence-electron chi connectivity index (χ4n) is 2.12. The van der Waals surface area contributed by atoms with E-state index in [0.29, 0.717) is 6.54 Å². The first-order valence-electron chi connectivity index (χ1n) is 5.71. The van der Waals surface area contributed by atoms with Crippen LogP contribution in [0.5, 0.6) is 0 Å². The van der Waals surface area contributed by atoms with Crippen LogP contribution in [0.4, 0.5) is 5.69 Å². The largest absolute Gasteiger partial charge is 0.392 e. The number of hydrazine groups is 1. The zero-order valence-electron chi connectivity index (χ0n) is 9.37. The van der Waals surface area contributed by atoms with Crippen LogP contribution in [0.15, 0.2) is 30.7 Å². The third-order valence-corrected chi connectivity index (χ3v) is 2.98. The number of rotatable bonds is 2.